The number of likely N-dealkylation sites (tertiary alicyclic amines) is 1. The lowest BCUT2D eigenvalue weighted by atomic mass is 9.72. The lowest BCUT2D eigenvalue weighted by Gasteiger charge is -2.44. The highest BCUT2D eigenvalue weighted by Gasteiger charge is 2.45. The van der Waals surface area contributed by atoms with Gasteiger partial charge in [-0.3, -0.25) is 4.79 Å². The highest BCUT2D eigenvalue weighted by molar-refractivity contribution is 5.79. The summed E-state index contributed by atoms with van der Waals surface area (Å²) < 4.78 is 0. The van der Waals surface area contributed by atoms with Gasteiger partial charge in [-0.15, -0.1) is 0 Å². The molecule has 0 aromatic rings. The van der Waals surface area contributed by atoms with E-state index in [1.165, 1.54) is 6.42 Å². The van der Waals surface area contributed by atoms with Crippen LogP contribution >= 0.6 is 0 Å². The first-order valence-corrected chi connectivity index (χ1v) is 9.20. The summed E-state index contributed by atoms with van der Waals surface area (Å²) in [5, 5.41) is 20.4. The number of hydrogen-bond acceptors (Lipinski definition) is 3. The van der Waals surface area contributed by atoms with Crippen LogP contribution in [0, 0.1) is 11.8 Å². The van der Waals surface area contributed by atoms with Crippen molar-refractivity contribution in [3.8, 4) is 0 Å². The van der Waals surface area contributed by atoms with Crippen LogP contribution in [0.3, 0.4) is 0 Å². The average molecular weight is 309 g/mol. The van der Waals surface area contributed by atoms with Crippen LogP contribution in [0.2, 0.25) is 0 Å². The number of amides is 1. The predicted molar refractivity (Wildman–Crippen MR) is 85.3 cm³/mol. The minimum absolute atomic E-state index is 0.0949. The fourth-order valence-electron chi connectivity index (χ4n) is 4.99. The maximum atomic E-state index is 12.9. The van der Waals surface area contributed by atoms with E-state index in [4.69, 9.17) is 0 Å². The monoisotopic (exact) mass is 309 g/mol. The van der Waals surface area contributed by atoms with Crippen LogP contribution in [0.15, 0.2) is 0 Å². The van der Waals surface area contributed by atoms with Crippen LogP contribution in [-0.4, -0.2) is 45.3 Å². The van der Waals surface area contributed by atoms with E-state index < -0.39 is 5.60 Å². The molecule has 2 saturated carbocycles. The lowest BCUT2D eigenvalue weighted by molar-refractivity contribution is -0.142. The molecule has 3 aliphatic rings. The van der Waals surface area contributed by atoms with E-state index in [0.29, 0.717) is 0 Å². The van der Waals surface area contributed by atoms with Crippen molar-refractivity contribution in [3.05, 3.63) is 0 Å². The number of aliphatic hydroxyl groups is 2. The van der Waals surface area contributed by atoms with E-state index in [1.54, 1.807) is 0 Å². The van der Waals surface area contributed by atoms with Crippen LogP contribution in [0.25, 0.3) is 0 Å². The Bertz CT molecular complexity index is 401. The smallest absolute Gasteiger partial charge is 0.225 e. The molecule has 1 amide bonds. The Hall–Kier alpha value is -0.610. The van der Waals surface area contributed by atoms with Crippen LogP contribution in [0.4, 0.5) is 0 Å². The normalized spacial score (nSPS) is 43.3. The molecule has 2 N–H and O–H groups in total. The van der Waals surface area contributed by atoms with Gasteiger partial charge in [0.25, 0.3) is 0 Å². The molecule has 0 spiro atoms. The summed E-state index contributed by atoms with van der Waals surface area (Å²) in [5.74, 6) is 0.621. The third-order valence-electron chi connectivity index (χ3n) is 6.34. The molecule has 2 aliphatic carbocycles. The number of rotatable bonds is 2. The molecule has 0 aromatic carbocycles. The fraction of sp³-hybridized carbons (Fsp3) is 0.944. The first-order chi connectivity index (χ1) is 10.5. The largest absolute Gasteiger partial charge is 0.393 e. The van der Waals surface area contributed by atoms with Crippen LogP contribution in [0.5, 0.6) is 0 Å². The van der Waals surface area contributed by atoms with Crippen molar-refractivity contribution in [2.45, 2.75) is 88.9 Å². The standard InChI is InChI=1S/C18H31NO3/c1-18(22)11-3-2-5-15(18)16-6-4-12-19(16)17(21)13-7-9-14(20)10-8-13/h13-16,20,22H,2-12H2,1H3/t13?,14?,15-,16-,18-/m0/s1. The van der Waals surface area contributed by atoms with Gasteiger partial charge in [0.2, 0.25) is 5.91 Å². The van der Waals surface area contributed by atoms with E-state index in [2.05, 4.69) is 4.90 Å². The Kier molecular flexibility index (Phi) is 4.79. The zero-order valence-corrected chi connectivity index (χ0v) is 13.8. The van der Waals surface area contributed by atoms with E-state index in [-0.39, 0.29) is 29.9 Å². The maximum Gasteiger partial charge on any atom is 0.225 e. The van der Waals surface area contributed by atoms with Gasteiger partial charge in [0.05, 0.1) is 11.7 Å². The molecule has 0 bridgehead atoms. The summed E-state index contributed by atoms with van der Waals surface area (Å²) in [6.45, 7) is 2.82. The van der Waals surface area contributed by atoms with Gasteiger partial charge in [-0.05, 0) is 58.3 Å². The predicted octanol–water partition coefficient (Wildman–Crippen LogP) is 2.47. The van der Waals surface area contributed by atoms with Gasteiger partial charge in [-0.25, -0.2) is 0 Å². The van der Waals surface area contributed by atoms with Gasteiger partial charge in [0.1, 0.15) is 0 Å². The molecule has 0 unspecified atom stereocenters. The molecule has 4 heteroatoms. The van der Waals surface area contributed by atoms with E-state index in [1.807, 2.05) is 6.92 Å². The lowest BCUT2D eigenvalue weighted by Crippen LogP contribution is -2.51. The number of nitrogens with zero attached hydrogens (tertiary/aromatic N) is 1. The summed E-state index contributed by atoms with van der Waals surface area (Å²) in [6, 6.07) is 0.231. The van der Waals surface area contributed by atoms with Crippen molar-refractivity contribution in [2.24, 2.45) is 11.8 Å². The van der Waals surface area contributed by atoms with E-state index in [0.717, 1.165) is 64.3 Å². The van der Waals surface area contributed by atoms with Crippen molar-refractivity contribution in [1.82, 2.24) is 4.90 Å². The Labute approximate surface area is 133 Å². The van der Waals surface area contributed by atoms with Gasteiger partial charge in [-0.2, -0.15) is 0 Å². The van der Waals surface area contributed by atoms with Gasteiger partial charge < -0.3 is 15.1 Å². The molecular formula is C18H31NO3. The fourth-order valence-corrected chi connectivity index (χ4v) is 4.99. The Balaban J connectivity index is 1.68. The average Bonchev–Trinajstić information content (AvgIpc) is 2.96. The quantitative estimate of drug-likeness (QED) is 0.824. The van der Waals surface area contributed by atoms with E-state index in [9.17, 15) is 15.0 Å². The molecule has 1 saturated heterocycles. The zero-order chi connectivity index (χ0) is 15.7. The Morgan fingerprint density at radius 3 is 2.45 bits per heavy atom. The molecule has 0 radical (unpaired) electrons. The Morgan fingerprint density at radius 2 is 1.77 bits per heavy atom. The minimum Gasteiger partial charge on any atom is -0.393 e. The van der Waals surface area contributed by atoms with Gasteiger partial charge >= 0.3 is 0 Å². The number of aliphatic hydroxyl groups excluding tert-OH is 1. The second-order valence-corrected chi connectivity index (χ2v) is 7.96. The van der Waals surface area contributed by atoms with Crippen LogP contribution < -0.4 is 0 Å². The molecule has 0 aromatic heterocycles. The summed E-state index contributed by atoms with van der Waals surface area (Å²) in [5.41, 5.74) is -0.617. The first-order valence-electron chi connectivity index (χ1n) is 9.20. The molecule has 126 valence electrons. The molecule has 1 aliphatic heterocycles. The molecule has 3 fully saturated rings. The summed E-state index contributed by atoms with van der Waals surface area (Å²) in [4.78, 5) is 15.0. The summed E-state index contributed by atoms with van der Waals surface area (Å²) in [7, 11) is 0. The Morgan fingerprint density at radius 1 is 1.05 bits per heavy atom. The molecule has 3 atom stereocenters. The van der Waals surface area contributed by atoms with Crippen molar-refractivity contribution in [2.75, 3.05) is 6.54 Å². The third-order valence-corrected chi connectivity index (χ3v) is 6.34. The van der Waals surface area contributed by atoms with Crippen LogP contribution in [0.1, 0.15) is 71.1 Å². The SMILES string of the molecule is C[C@]1(O)CCCC[C@H]1[C@@H]1CCCN1C(=O)C1CCC(O)CC1. The van der Waals surface area contributed by atoms with Gasteiger partial charge in [-0.1, -0.05) is 12.8 Å². The van der Waals surface area contributed by atoms with Crippen LogP contribution in [-0.2, 0) is 4.79 Å². The van der Waals surface area contributed by atoms with Crippen molar-refractivity contribution < 1.29 is 15.0 Å². The highest BCUT2D eigenvalue weighted by Crippen LogP contribution is 2.41. The summed E-state index contributed by atoms with van der Waals surface area (Å²) >= 11 is 0. The highest BCUT2D eigenvalue weighted by atomic mass is 16.3. The first kappa shape index (κ1) is 16.3. The third kappa shape index (κ3) is 3.18. The minimum atomic E-state index is -0.617. The van der Waals surface area contributed by atoms with E-state index >= 15 is 0 Å². The second-order valence-electron chi connectivity index (χ2n) is 7.96. The van der Waals surface area contributed by atoms with Crippen molar-refractivity contribution >= 4 is 5.91 Å². The summed E-state index contributed by atoms with van der Waals surface area (Å²) in [6.07, 6.45) is 9.26. The number of carbonyl (C=O) groups is 1. The molecule has 1 heterocycles. The number of hydrogen-bond donors (Lipinski definition) is 2. The molecule has 22 heavy (non-hydrogen) atoms. The second kappa shape index (κ2) is 6.48. The van der Waals surface area contributed by atoms with Crippen molar-refractivity contribution in [3.63, 3.8) is 0 Å². The zero-order valence-electron chi connectivity index (χ0n) is 13.8. The van der Waals surface area contributed by atoms with Gasteiger partial charge in [0, 0.05) is 24.4 Å². The van der Waals surface area contributed by atoms with Crippen molar-refractivity contribution in [1.29, 1.82) is 0 Å². The maximum absolute atomic E-state index is 12.9. The topological polar surface area (TPSA) is 60.8 Å². The molecular weight excluding hydrogens is 278 g/mol. The molecule has 4 nitrogen and oxygen atoms in total. The van der Waals surface area contributed by atoms with Gasteiger partial charge in [0.15, 0.2) is 0 Å². The molecule has 3 rings (SSSR count). The number of carbonyl (C=O) groups excluding carboxylic acids is 1.